The lowest BCUT2D eigenvalue weighted by Gasteiger charge is -2.18. The summed E-state index contributed by atoms with van der Waals surface area (Å²) in [6.07, 6.45) is 5.22. The monoisotopic (exact) mass is 418 g/mol. The molecule has 2 fully saturated rings. The molecule has 2 aliphatic rings. The highest BCUT2D eigenvalue weighted by molar-refractivity contribution is 5.98. The number of amides is 1. The number of likely N-dealkylation sites (tertiary alicyclic amines) is 1. The lowest BCUT2D eigenvalue weighted by atomic mass is 10.1. The summed E-state index contributed by atoms with van der Waals surface area (Å²) in [6, 6.07) is 5.77. The highest BCUT2D eigenvalue weighted by Crippen LogP contribution is 2.52. The molecule has 1 saturated carbocycles. The minimum absolute atomic E-state index is 0.0543. The van der Waals surface area contributed by atoms with Gasteiger partial charge in [0.05, 0.1) is 12.3 Å². The second kappa shape index (κ2) is 7.86. The van der Waals surface area contributed by atoms with Crippen LogP contribution in [-0.2, 0) is 9.53 Å². The van der Waals surface area contributed by atoms with Gasteiger partial charge in [-0.25, -0.2) is 9.97 Å². The number of nitrogens with zero attached hydrogens (tertiary/aromatic N) is 4. The number of hydrogen-bond acceptors (Lipinski definition) is 7. The molecule has 3 aromatic heterocycles. The normalized spacial score (nSPS) is 22.5. The zero-order valence-corrected chi connectivity index (χ0v) is 17.7. The summed E-state index contributed by atoms with van der Waals surface area (Å²) >= 11 is 0. The van der Waals surface area contributed by atoms with Crippen LogP contribution in [0.15, 0.2) is 36.8 Å². The summed E-state index contributed by atoms with van der Waals surface area (Å²) in [5.41, 5.74) is 8.95. The van der Waals surface area contributed by atoms with Gasteiger partial charge in [-0.15, -0.1) is 0 Å². The molecule has 3 atom stereocenters. The van der Waals surface area contributed by atoms with Gasteiger partial charge in [0.2, 0.25) is 5.91 Å². The fraction of sp³-hybridized carbons (Fsp3) is 0.391. The fourth-order valence-electron chi connectivity index (χ4n) is 4.73. The first-order valence-corrected chi connectivity index (χ1v) is 10.5. The quantitative estimate of drug-likeness (QED) is 0.633. The maximum atomic E-state index is 12.8. The molecular formula is C23H26N6O2. The maximum Gasteiger partial charge on any atom is 0.229 e. The van der Waals surface area contributed by atoms with Gasteiger partial charge in [0.15, 0.2) is 0 Å². The van der Waals surface area contributed by atoms with E-state index in [1.165, 1.54) is 0 Å². The predicted octanol–water partition coefficient (Wildman–Crippen LogP) is 2.35. The lowest BCUT2D eigenvalue weighted by Crippen LogP contribution is -2.30. The minimum atomic E-state index is 0.0543. The molecule has 0 radical (unpaired) electrons. The third-order valence-electron chi connectivity index (χ3n) is 6.50. The van der Waals surface area contributed by atoms with Crippen molar-refractivity contribution >= 4 is 28.3 Å². The topological polar surface area (TPSA) is 106 Å². The summed E-state index contributed by atoms with van der Waals surface area (Å²) in [4.78, 5) is 28.3. The molecule has 0 unspecified atom stereocenters. The van der Waals surface area contributed by atoms with Gasteiger partial charge in [-0.1, -0.05) is 0 Å². The number of aromatic nitrogens is 3. The number of carbonyl (C=O) groups is 1. The number of nitrogens with two attached hydrogens (primary N) is 1. The van der Waals surface area contributed by atoms with E-state index >= 15 is 0 Å². The Bertz CT molecular complexity index is 1140. The molecule has 5 rings (SSSR count). The van der Waals surface area contributed by atoms with E-state index in [1.54, 1.807) is 25.7 Å². The zero-order chi connectivity index (χ0) is 21.5. The second-order valence-electron chi connectivity index (χ2n) is 8.47. The number of nitrogens with one attached hydrogen (secondary N) is 1. The molecule has 3 aromatic rings. The molecule has 0 aromatic carbocycles. The minimum Gasteiger partial charge on any atom is -0.383 e. The Balaban J connectivity index is 1.32. The molecule has 1 aliphatic carbocycles. The molecule has 1 saturated heterocycles. The van der Waals surface area contributed by atoms with E-state index in [1.807, 2.05) is 25.1 Å². The van der Waals surface area contributed by atoms with Crippen LogP contribution in [0, 0.1) is 24.7 Å². The predicted molar refractivity (Wildman–Crippen MR) is 119 cm³/mol. The van der Waals surface area contributed by atoms with Gasteiger partial charge in [-0.05, 0) is 47.9 Å². The van der Waals surface area contributed by atoms with Gasteiger partial charge in [-0.3, -0.25) is 9.78 Å². The number of aryl methyl sites for hydroxylation is 1. The number of methoxy groups -OCH3 is 1. The van der Waals surface area contributed by atoms with Gasteiger partial charge >= 0.3 is 0 Å². The van der Waals surface area contributed by atoms with Crippen LogP contribution in [0.1, 0.15) is 5.56 Å². The Morgan fingerprint density at radius 3 is 2.84 bits per heavy atom. The van der Waals surface area contributed by atoms with E-state index in [0.717, 1.165) is 53.8 Å². The Morgan fingerprint density at radius 1 is 1.29 bits per heavy atom. The second-order valence-corrected chi connectivity index (χ2v) is 8.47. The Kier molecular flexibility index (Phi) is 5.03. The zero-order valence-electron chi connectivity index (χ0n) is 17.7. The summed E-state index contributed by atoms with van der Waals surface area (Å²) in [7, 11) is 1.72. The van der Waals surface area contributed by atoms with Gasteiger partial charge < -0.3 is 20.7 Å². The molecule has 8 heteroatoms. The van der Waals surface area contributed by atoms with Crippen molar-refractivity contribution in [2.45, 2.75) is 6.92 Å². The van der Waals surface area contributed by atoms with Crippen molar-refractivity contribution in [3.8, 4) is 11.3 Å². The lowest BCUT2D eigenvalue weighted by molar-refractivity contribution is -0.118. The van der Waals surface area contributed by atoms with Crippen molar-refractivity contribution in [2.24, 2.45) is 17.8 Å². The van der Waals surface area contributed by atoms with Crippen LogP contribution in [0.25, 0.3) is 22.0 Å². The molecule has 31 heavy (non-hydrogen) atoms. The molecule has 3 N–H and O–H groups in total. The third-order valence-corrected chi connectivity index (χ3v) is 6.50. The van der Waals surface area contributed by atoms with Crippen molar-refractivity contribution in [1.82, 2.24) is 19.9 Å². The molecule has 0 spiro atoms. The van der Waals surface area contributed by atoms with E-state index in [0.29, 0.717) is 23.5 Å². The number of carbonyl (C=O) groups excluding carboxylic acids is 1. The Labute approximate surface area is 180 Å². The standard InChI is InChI=1S/C23H26N6O2/c1-13-3-4-25-9-15(13)19-7-14-8-20(26-10-16(14)22(24)27-19)28-23(30)21-17-11-29(5-6-31-2)12-18(17)21/h3-4,7-10,17-18,21H,5-6,11-12H2,1-2H3,(H2,24,27)(H,26,28,30)/t17-,18+,21+. The van der Waals surface area contributed by atoms with Crippen LogP contribution in [-0.4, -0.2) is 59.1 Å². The Hall–Kier alpha value is -3.10. The van der Waals surface area contributed by atoms with E-state index in [2.05, 4.69) is 25.2 Å². The molecule has 160 valence electrons. The van der Waals surface area contributed by atoms with Crippen LogP contribution < -0.4 is 11.1 Å². The van der Waals surface area contributed by atoms with Gasteiger partial charge in [0.25, 0.3) is 0 Å². The highest BCUT2D eigenvalue weighted by Gasteiger charge is 2.59. The summed E-state index contributed by atoms with van der Waals surface area (Å²) in [5.74, 6) is 1.97. The number of hydrogen-bond donors (Lipinski definition) is 2. The summed E-state index contributed by atoms with van der Waals surface area (Å²) in [6.45, 7) is 5.61. The smallest absolute Gasteiger partial charge is 0.229 e. The van der Waals surface area contributed by atoms with Crippen molar-refractivity contribution in [3.63, 3.8) is 0 Å². The number of pyridine rings is 3. The third kappa shape index (κ3) is 3.73. The summed E-state index contributed by atoms with van der Waals surface area (Å²) < 4.78 is 5.15. The fourth-order valence-corrected chi connectivity index (χ4v) is 4.73. The van der Waals surface area contributed by atoms with Gasteiger partial charge in [-0.2, -0.15) is 0 Å². The summed E-state index contributed by atoms with van der Waals surface area (Å²) in [5, 5.41) is 4.66. The molecule has 8 nitrogen and oxygen atoms in total. The van der Waals surface area contributed by atoms with Crippen LogP contribution in [0.2, 0.25) is 0 Å². The van der Waals surface area contributed by atoms with E-state index in [9.17, 15) is 4.79 Å². The number of anilines is 2. The maximum absolute atomic E-state index is 12.8. The highest BCUT2D eigenvalue weighted by atomic mass is 16.5. The van der Waals surface area contributed by atoms with Gasteiger partial charge in [0.1, 0.15) is 11.6 Å². The van der Waals surface area contributed by atoms with Gasteiger partial charge in [0, 0.05) is 62.2 Å². The molecule has 4 heterocycles. The van der Waals surface area contributed by atoms with Crippen LogP contribution >= 0.6 is 0 Å². The molecule has 1 amide bonds. The first kappa shape index (κ1) is 19.8. The Morgan fingerprint density at radius 2 is 2.10 bits per heavy atom. The number of rotatable bonds is 6. The average molecular weight is 419 g/mol. The number of piperidine rings is 1. The van der Waals surface area contributed by atoms with Crippen LogP contribution in [0.3, 0.4) is 0 Å². The van der Waals surface area contributed by atoms with Crippen LogP contribution in [0.4, 0.5) is 11.6 Å². The number of ether oxygens (including phenoxy) is 1. The van der Waals surface area contributed by atoms with E-state index in [4.69, 9.17) is 10.5 Å². The molecular weight excluding hydrogens is 392 g/mol. The first-order chi connectivity index (χ1) is 15.0. The van der Waals surface area contributed by atoms with Crippen molar-refractivity contribution in [2.75, 3.05) is 44.4 Å². The van der Waals surface area contributed by atoms with Crippen molar-refractivity contribution < 1.29 is 9.53 Å². The van der Waals surface area contributed by atoms with Crippen molar-refractivity contribution in [1.29, 1.82) is 0 Å². The SMILES string of the molecule is COCCN1C[C@@H]2[C@H](C1)[C@H]2C(=O)Nc1cc2cc(-c3cnccc3C)nc(N)c2cn1. The van der Waals surface area contributed by atoms with Crippen molar-refractivity contribution in [3.05, 3.63) is 42.4 Å². The average Bonchev–Trinajstić information content (AvgIpc) is 3.27. The van der Waals surface area contributed by atoms with Crippen LogP contribution in [0.5, 0.6) is 0 Å². The number of fused-ring (bicyclic) bond motifs is 2. The largest absolute Gasteiger partial charge is 0.383 e. The molecule has 0 bridgehead atoms. The number of nitrogen functional groups attached to an aromatic ring is 1. The van der Waals surface area contributed by atoms with E-state index < -0.39 is 0 Å². The van der Waals surface area contributed by atoms with E-state index in [-0.39, 0.29) is 11.8 Å². The first-order valence-electron chi connectivity index (χ1n) is 10.5. The molecule has 1 aliphatic heterocycles.